The molecule has 176 valence electrons. The molecule has 0 amide bonds. The Morgan fingerprint density at radius 3 is 2.57 bits per heavy atom. The lowest BCUT2D eigenvalue weighted by Crippen LogP contribution is -2.19. The van der Waals surface area contributed by atoms with Crippen LogP contribution in [0.2, 0.25) is 5.02 Å². The van der Waals surface area contributed by atoms with Crippen molar-refractivity contribution < 1.29 is 22.5 Å². The normalized spacial score (nSPS) is 11.8. The van der Waals surface area contributed by atoms with Gasteiger partial charge in [-0.2, -0.15) is 18.2 Å². The summed E-state index contributed by atoms with van der Waals surface area (Å²) in [5.74, 6) is -1.64. The highest BCUT2D eigenvalue weighted by molar-refractivity contribution is 6.30. The van der Waals surface area contributed by atoms with Crippen molar-refractivity contribution in [3.05, 3.63) is 94.4 Å². The lowest BCUT2D eigenvalue weighted by Gasteiger charge is -2.14. The summed E-state index contributed by atoms with van der Waals surface area (Å²) in [5, 5.41) is 4.31. The summed E-state index contributed by atoms with van der Waals surface area (Å²) in [5.41, 5.74) is 0.135. The summed E-state index contributed by atoms with van der Waals surface area (Å²) >= 11 is 5.93. The lowest BCUT2D eigenvalue weighted by molar-refractivity contribution is -0.143. The fourth-order valence-corrected chi connectivity index (χ4v) is 4.01. The molecule has 5 aromatic rings. The molecule has 0 N–H and O–H groups in total. The number of alkyl halides is 3. The van der Waals surface area contributed by atoms with Gasteiger partial charge in [0.2, 0.25) is 5.82 Å². The maximum absolute atomic E-state index is 14.5. The second-order valence-electron chi connectivity index (χ2n) is 7.80. The predicted molar refractivity (Wildman–Crippen MR) is 121 cm³/mol. The first-order valence-corrected chi connectivity index (χ1v) is 10.7. The minimum atomic E-state index is -4.85. The Morgan fingerprint density at radius 2 is 1.89 bits per heavy atom. The molecule has 2 aromatic carbocycles. The van der Waals surface area contributed by atoms with Crippen LogP contribution in [0.4, 0.5) is 13.2 Å². The van der Waals surface area contributed by atoms with E-state index in [0.29, 0.717) is 16.1 Å². The van der Waals surface area contributed by atoms with Crippen LogP contribution in [0.3, 0.4) is 0 Å². The van der Waals surface area contributed by atoms with E-state index in [1.165, 1.54) is 24.7 Å². The summed E-state index contributed by atoms with van der Waals surface area (Å²) < 4.78 is 49.6. The Morgan fingerprint density at radius 1 is 1.11 bits per heavy atom. The zero-order chi connectivity index (χ0) is 24.7. The molecule has 0 unspecified atom stereocenters. The largest absolute Gasteiger partial charge is 0.432 e. The van der Waals surface area contributed by atoms with Crippen LogP contribution in [0.1, 0.15) is 33.1 Å². The van der Waals surface area contributed by atoms with Gasteiger partial charge in [0, 0.05) is 28.7 Å². The van der Waals surface area contributed by atoms with E-state index in [9.17, 15) is 18.0 Å². The number of hydrogen-bond donors (Lipinski definition) is 0. The molecule has 0 aliphatic heterocycles. The Balaban J connectivity index is 1.70. The number of halogens is 4. The fraction of sp³-hybridized carbons (Fsp3) is 0.125. The third kappa shape index (κ3) is 4.28. The van der Waals surface area contributed by atoms with Crippen molar-refractivity contribution in [1.29, 1.82) is 0 Å². The number of aryl methyl sites for hydroxylation is 1. The molecular weight excluding hydrogens is 483 g/mol. The van der Waals surface area contributed by atoms with Crippen LogP contribution in [0.25, 0.3) is 22.4 Å². The predicted octanol–water partition coefficient (Wildman–Crippen LogP) is 5.74. The van der Waals surface area contributed by atoms with E-state index in [1.54, 1.807) is 43.3 Å². The van der Waals surface area contributed by atoms with Crippen LogP contribution in [0, 0.1) is 6.92 Å². The Bertz CT molecular complexity index is 1540. The van der Waals surface area contributed by atoms with Crippen LogP contribution in [0.5, 0.6) is 0 Å². The van der Waals surface area contributed by atoms with E-state index >= 15 is 0 Å². The Kier molecular flexibility index (Phi) is 5.60. The van der Waals surface area contributed by atoms with Gasteiger partial charge in [-0.25, -0.2) is 9.97 Å². The number of rotatable bonds is 5. The first kappa shape index (κ1) is 22.7. The molecule has 35 heavy (non-hydrogen) atoms. The summed E-state index contributed by atoms with van der Waals surface area (Å²) in [6.45, 7) is 1.60. The molecule has 0 bridgehead atoms. The first-order valence-electron chi connectivity index (χ1n) is 10.3. The van der Waals surface area contributed by atoms with Crippen LogP contribution in [0.15, 0.2) is 65.6 Å². The molecule has 0 spiro atoms. The van der Waals surface area contributed by atoms with E-state index in [0.717, 1.165) is 4.57 Å². The number of fused-ring (bicyclic) bond motifs is 1. The van der Waals surface area contributed by atoms with Crippen molar-refractivity contribution in [2.45, 2.75) is 19.6 Å². The molecule has 0 atom stereocenters. The number of hydrogen-bond acceptors (Lipinski definition) is 6. The second-order valence-corrected chi connectivity index (χ2v) is 8.24. The van der Waals surface area contributed by atoms with E-state index in [2.05, 4.69) is 20.1 Å². The van der Waals surface area contributed by atoms with Crippen LogP contribution >= 0.6 is 11.6 Å². The van der Waals surface area contributed by atoms with Gasteiger partial charge in [-0.1, -0.05) is 40.5 Å². The van der Waals surface area contributed by atoms with Crippen LogP contribution < -0.4 is 0 Å². The van der Waals surface area contributed by atoms with Crippen molar-refractivity contribution in [3.8, 4) is 11.5 Å². The smallest absolute Gasteiger partial charge is 0.332 e. The summed E-state index contributed by atoms with van der Waals surface area (Å²) in [4.78, 5) is 25.2. The SMILES string of the molecule is Cc1ccc2c(c1)c(C(=O)c1nc(-c3ccncn3)no1)c(C(F)(F)F)n2Cc1ccc(Cl)cc1. The van der Waals surface area contributed by atoms with Crippen molar-refractivity contribution in [1.82, 2.24) is 24.7 Å². The highest BCUT2D eigenvalue weighted by Crippen LogP contribution is 2.40. The van der Waals surface area contributed by atoms with Gasteiger partial charge < -0.3 is 9.09 Å². The van der Waals surface area contributed by atoms with Gasteiger partial charge >= 0.3 is 6.18 Å². The van der Waals surface area contributed by atoms with Gasteiger partial charge in [0.15, 0.2) is 0 Å². The molecule has 0 fully saturated rings. The van der Waals surface area contributed by atoms with E-state index in [1.807, 2.05) is 0 Å². The second kappa shape index (κ2) is 8.62. The standard InChI is InChI=1S/C24H15ClF3N5O2/c1-13-2-7-18-16(10-13)19(20(34)23-31-22(32-35-23)17-8-9-29-12-30-17)21(24(26,27)28)33(18)11-14-3-5-15(25)6-4-14/h2-10,12H,11H2,1H3. The van der Waals surface area contributed by atoms with Crippen molar-refractivity contribution in [2.24, 2.45) is 0 Å². The topological polar surface area (TPSA) is 86.7 Å². The van der Waals surface area contributed by atoms with E-state index in [-0.39, 0.29) is 29.0 Å². The number of carbonyl (C=O) groups is 1. The Labute approximate surface area is 201 Å². The molecule has 7 nitrogen and oxygen atoms in total. The van der Waals surface area contributed by atoms with Crippen molar-refractivity contribution >= 4 is 28.3 Å². The molecule has 3 heterocycles. The number of ketones is 1. The van der Waals surface area contributed by atoms with Gasteiger partial charge in [0.1, 0.15) is 17.7 Å². The molecule has 0 radical (unpaired) electrons. The lowest BCUT2D eigenvalue weighted by atomic mass is 10.0. The summed E-state index contributed by atoms with van der Waals surface area (Å²) in [7, 11) is 0. The number of aromatic nitrogens is 5. The quantitative estimate of drug-likeness (QED) is 0.288. The highest BCUT2D eigenvalue weighted by atomic mass is 35.5. The van der Waals surface area contributed by atoms with Gasteiger partial charge in [0.05, 0.1) is 5.56 Å². The Hall–Kier alpha value is -4.05. The molecule has 3 aromatic heterocycles. The maximum Gasteiger partial charge on any atom is 0.432 e. The molecule has 0 saturated heterocycles. The van der Waals surface area contributed by atoms with E-state index in [4.69, 9.17) is 16.1 Å². The van der Waals surface area contributed by atoms with Crippen LogP contribution in [-0.2, 0) is 12.7 Å². The molecule has 11 heteroatoms. The number of nitrogens with zero attached hydrogens (tertiary/aromatic N) is 5. The third-order valence-electron chi connectivity index (χ3n) is 5.40. The summed E-state index contributed by atoms with van der Waals surface area (Å²) in [6, 6.07) is 12.7. The van der Waals surface area contributed by atoms with Crippen molar-refractivity contribution in [3.63, 3.8) is 0 Å². The molecule has 0 saturated carbocycles. The summed E-state index contributed by atoms with van der Waals surface area (Å²) in [6.07, 6.45) is -2.16. The highest BCUT2D eigenvalue weighted by Gasteiger charge is 2.42. The fourth-order valence-electron chi connectivity index (χ4n) is 3.88. The molecule has 0 aliphatic rings. The molecular formula is C24H15ClF3N5O2. The monoisotopic (exact) mass is 497 g/mol. The average Bonchev–Trinajstić information content (AvgIpc) is 3.44. The van der Waals surface area contributed by atoms with Crippen LogP contribution in [-0.4, -0.2) is 30.5 Å². The number of benzene rings is 2. The third-order valence-corrected chi connectivity index (χ3v) is 5.65. The number of carbonyl (C=O) groups excluding carboxylic acids is 1. The molecule has 0 aliphatic carbocycles. The molecule has 5 rings (SSSR count). The van der Waals surface area contributed by atoms with Gasteiger partial charge in [0.25, 0.3) is 11.7 Å². The van der Waals surface area contributed by atoms with Gasteiger partial charge in [-0.05, 0) is 42.8 Å². The van der Waals surface area contributed by atoms with E-state index < -0.39 is 29.1 Å². The van der Waals surface area contributed by atoms with Gasteiger partial charge in [-0.3, -0.25) is 4.79 Å². The van der Waals surface area contributed by atoms with Gasteiger partial charge in [-0.15, -0.1) is 0 Å². The zero-order valence-corrected chi connectivity index (χ0v) is 18.8. The average molecular weight is 498 g/mol. The zero-order valence-electron chi connectivity index (χ0n) is 18.0. The minimum Gasteiger partial charge on any atom is -0.332 e. The minimum absolute atomic E-state index is 0.0367. The first-order chi connectivity index (χ1) is 16.7. The maximum atomic E-state index is 14.5. The van der Waals surface area contributed by atoms with Crippen molar-refractivity contribution in [2.75, 3.05) is 0 Å².